The van der Waals surface area contributed by atoms with E-state index in [1.807, 2.05) is 0 Å². The normalized spacial score (nSPS) is 18.9. The number of aryl methyl sites for hydroxylation is 1. The smallest absolute Gasteiger partial charge is 0.279 e. The summed E-state index contributed by atoms with van der Waals surface area (Å²) in [6.45, 7) is 2.07. The zero-order valence-corrected chi connectivity index (χ0v) is 12.7. The number of aromatic amines is 1. The summed E-state index contributed by atoms with van der Waals surface area (Å²) in [6, 6.07) is 6.27. The summed E-state index contributed by atoms with van der Waals surface area (Å²) >= 11 is 0. The number of fused-ring (bicyclic) bond motifs is 3. The van der Waals surface area contributed by atoms with Gasteiger partial charge in [-0.15, -0.1) is 0 Å². The summed E-state index contributed by atoms with van der Waals surface area (Å²) in [4.78, 5) is 3.40. The van der Waals surface area contributed by atoms with Crippen LogP contribution in [0.15, 0.2) is 18.2 Å². The van der Waals surface area contributed by atoms with Gasteiger partial charge >= 0.3 is 0 Å². The van der Waals surface area contributed by atoms with Gasteiger partial charge in [0.15, 0.2) is 0 Å². The van der Waals surface area contributed by atoms with Gasteiger partial charge in [-0.05, 0) is 31.0 Å². The van der Waals surface area contributed by atoms with Crippen LogP contribution in [0.2, 0.25) is 0 Å². The topological polar surface area (TPSA) is 65.2 Å². The predicted octanol–water partition coefficient (Wildman–Crippen LogP) is 1.34. The quantitative estimate of drug-likeness (QED) is 0.897. The second kappa shape index (κ2) is 4.58. The summed E-state index contributed by atoms with van der Waals surface area (Å²) in [5.41, 5.74) is 4.75. The first-order valence-electron chi connectivity index (χ1n) is 6.66. The Morgan fingerprint density at radius 1 is 1.30 bits per heavy atom. The average Bonchev–Trinajstić information content (AvgIpc) is 2.86. The van der Waals surface area contributed by atoms with E-state index in [1.165, 1.54) is 34.9 Å². The molecule has 1 aliphatic rings. The first kappa shape index (κ1) is 13.6. The molecule has 0 amide bonds. The number of nitrogens with one attached hydrogen (secondary N) is 2. The third kappa shape index (κ3) is 2.24. The number of rotatable bonds is 3. The Kier molecular flexibility index (Phi) is 3.12. The summed E-state index contributed by atoms with van der Waals surface area (Å²) in [5.74, 6) is 0. The maximum Gasteiger partial charge on any atom is 0.279 e. The number of H-pyrrole nitrogens is 1. The Morgan fingerprint density at radius 3 is 2.75 bits per heavy atom. The van der Waals surface area contributed by atoms with Crippen molar-refractivity contribution in [1.29, 1.82) is 0 Å². The molecule has 1 atom stereocenters. The van der Waals surface area contributed by atoms with Crippen molar-refractivity contribution >= 4 is 21.1 Å². The van der Waals surface area contributed by atoms with E-state index in [1.54, 1.807) is 0 Å². The van der Waals surface area contributed by atoms with Crippen molar-refractivity contribution in [2.45, 2.75) is 25.8 Å². The average molecular weight is 293 g/mol. The van der Waals surface area contributed by atoms with E-state index < -0.39 is 10.2 Å². The van der Waals surface area contributed by atoms with Gasteiger partial charge in [-0.2, -0.15) is 17.4 Å². The van der Waals surface area contributed by atoms with Gasteiger partial charge < -0.3 is 4.98 Å². The number of benzene rings is 1. The van der Waals surface area contributed by atoms with Crippen molar-refractivity contribution in [3.8, 4) is 0 Å². The predicted molar refractivity (Wildman–Crippen MR) is 80.0 cm³/mol. The molecule has 1 aromatic carbocycles. The van der Waals surface area contributed by atoms with Crippen LogP contribution in [0.4, 0.5) is 0 Å². The number of aromatic nitrogens is 1. The molecule has 1 aliphatic carbocycles. The van der Waals surface area contributed by atoms with E-state index in [0.29, 0.717) is 0 Å². The third-order valence-corrected chi connectivity index (χ3v) is 5.44. The molecular weight excluding hydrogens is 274 g/mol. The molecule has 0 saturated carbocycles. The van der Waals surface area contributed by atoms with E-state index in [2.05, 4.69) is 34.8 Å². The molecule has 0 saturated heterocycles. The molecule has 0 aliphatic heterocycles. The van der Waals surface area contributed by atoms with Gasteiger partial charge in [-0.1, -0.05) is 11.6 Å². The second-order valence-electron chi connectivity index (χ2n) is 5.64. The van der Waals surface area contributed by atoms with Crippen LogP contribution in [-0.4, -0.2) is 37.8 Å². The largest absolute Gasteiger partial charge is 0.358 e. The van der Waals surface area contributed by atoms with Crippen LogP contribution < -0.4 is 4.72 Å². The molecule has 0 bridgehead atoms. The summed E-state index contributed by atoms with van der Waals surface area (Å²) in [7, 11) is -0.295. The van der Waals surface area contributed by atoms with Crippen molar-refractivity contribution in [2.75, 3.05) is 14.1 Å². The standard InChI is InChI=1S/C14H19N3O2S/c1-9-4-5-13-11(6-9)12-7-10(8-14(12)15-13)16-20(18,19)17(2)3/h4-6,10,15-16H,7-8H2,1-3H3. The number of hydrogen-bond donors (Lipinski definition) is 2. The molecule has 2 aromatic rings. The van der Waals surface area contributed by atoms with Crippen molar-refractivity contribution in [3.05, 3.63) is 35.0 Å². The Bertz CT molecular complexity index is 762. The first-order valence-corrected chi connectivity index (χ1v) is 8.10. The molecule has 0 spiro atoms. The van der Waals surface area contributed by atoms with Crippen LogP contribution in [0, 0.1) is 6.92 Å². The van der Waals surface area contributed by atoms with Gasteiger partial charge in [0.25, 0.3) is 10.2 Å². The molecule has 108 valence electrons. The van der Waals surface area contributed by atoms with Crippen LogP contribution in [0.3, 0.4) is 0 Å². The number of nitrogens with zero attached hydrogens (tertiary/aromatic N) is 1. The van der Waals surface area contributed by atoms with Crippen molar-refractivity contribution in [3.63, 3.8) is 0 Å². The molecule has 6 heteroatoms. The van der Waals surface area contributed by atoms with E-state index in [4.69, 9.17) is 0 Å². The molecule has 5 nitrogen and oxygen atoms in total. The summed E-state index contributed by atoms with van der Waals surface area (Å²) in [5, 5.41) is 1.21. The maximum absolute atomic E-state index is 11.9. The minimum absolute atomic E-state index is 0.0615. The highest BCUT2D eigenvalue weighted by Gasteiger charge is 2.29. The van der Waals surface area contributed by atoms with Crippen LogP contribution in [0.5, 0.6) is 0 Å². The highest BCUT2D eigenvalue weighted by atomic mass is 32.2. The molecule has 3 rings (SSSR count). The van der Waals surface area contributed by atoms with Gasteiger partial charge in [0.05, 0.1) is 0 Å². The Balaban J connectivity index is 1.88. The van der Waals surface area contributed by atoms with Crippen LogP contribution in [0.1, 0.15) is 16.8 Å². The Labute approximate surface area is 119 Å². The molecule has 1 unspecified atom stereocenters. The molecular formula is C14H19N3O2S. The van der Waals surface area contributed by atoms with Gasteiger partial charge in [0, 0.05) is 43.2 Å². The fourth-order valence-corrected chi connectivity index (χ4v) is 3.59. The van der Waals surface area contributed by atoms with Gasteiger partial charge in [0.1, 0.15) is 0 Å². The highest BCUT2D eigenvalue weighted by Crippen LogP contribution is 2.31. The SMILES string of the molecule is Cc1ccc2[nH]c3c(c2c1)CC(NS(=O)(=O)N(C)C)C3. The van der Waals surface area contributed by atoms with Gasteiger partial charge in [-0.25, -0.2) is 0 Å². The van der Waals surface area contributed by atoms with Crippen molar-refractivity contribution in [1.82, 2.24) is 14.0 Å². The Morgan fingerprint density at radius 2 is 2.05 bits per heavy atom. The minimum Gasteiger partial charge on any atom is -0.358 e. The lowest BCUT2D eigenvalue weighted by Gasteiger charge is -2.17. The maximum atomic E-state index is 11.9. The molecule has 1 aromatic heterocycles. The van der Waals surface area contributed by atoms with E-state index >= 15 is 0 Å². The van der Waals surface area contributed by atoms with Crippen molar-refractivity contribution in [2.24, 2.45) is 0 Å². The van der Waals surface area contributed by atoms with E-state index in [0.717, 1.165) is 24.1 Å². The fraction of sp³-hybridized carbons (Fsp3) is 0.429. The zero-order valence-electron chi connectivity index (χ0n) is 11.9. The molecule has 2 N–H and O–H groups in total. The molecule has 0 fully saturated rings. The summed E-state index contributed by atoms with van der Waals surface area (Å²) < 4.78 is 27.7. The lowest BCUT2D eigenvalue weighted by atomic mass is 10.1. The second-order valence-corrected chi connectivity index (χ2v) is 7.56. The molecule has 0 radical (unpaired) electrons. The number of hydrogen-bond acceptors (Lipinski definition) is 2. The lowest BCUT2D eigenvalue weighted by Crippen LogP contribution is -2.42. The van der Waals surface area contributed by atoms with E-state index in [9.17, 15) is 8.42 Å². The van der Waals surface area contributed by atoms with E-state index in [-0.39, 0.29) is 6.04 Å². The van der Waals surface area contributed by atoms with Crippen LogP contribution >= 0.6 is 0 Å². The van der Waals surface area contributed by atoms with Crippen molar-refractivity contribution < 1.29 is 8.42 Å². The minimum atomic E-state index is -3.37. The lowest BCUT2D eigenvalue weighted by molar-refractivity contribution is 0.488. The Hall–Kier alpha value is -1.37. The monoisotopic (exact) mass is 293 g/mol. The first-order chi connectivity index (χ1) is 9.37. The molecule has 1 heterocycles. The van der Waals surface area contributed by atoms with Gasteiger partial charge in [0.2, 0.25) is 0 Å². The zero-order chi connectivity index (χ0) is 14.5. The van der Waals surface area contributed by atoms with Crippen LogP contribution in [0.25, 0.3) is 10.9 Å². The third-order valence-electron chi connectivity index (χ3n) is 3.85. The van der Waals surface area contributed by atoms with Gasteiger partial charge in [-0.3, -0.25) is 0 Å². The summed E-state index contributed by atoms with van der Waals surface area (Å²) in [6.07, 6.45) is 1.46. The molecule has 20 heavy (non-hydrogen) atoms. The highest BCUT2D eigenvalue weighted by molar-refractivity contribution is 7.87. The van der Waals surface area contributed by atoms with Crippen LogP contribution in [-0.2, 0) is 23.1 Å². The fourth-order valence-electron chi connectivity index (χ4n) is 2.79.